The van der Waals surface area contributed by atoms with Gasteiger partial charge in [-0.25, -0.2) is 4.79 Å². The van der Waals surface area contributed by atoms with Gasteiger partial charge in [-0.15, -0.1) is 0 Å². The van der Waals surface area contributed by atoms with Crippen LogP contribution >= 0.6 is 0 Å². The van der Waals surface area contributed by atoms with E-state index in [1.807, 2.05) is 0 Å². The van der Waals surface area contributed by atoms with Crippen LogP contribution in [0.2, 0.25) is 0 Å². The number of carbonyl (C=O) groups is 2. The van der Waals surface area contributed by atoms with Crippen molar-refractivity contribution in [3.63, 3.8) is 0 Å². The van der Waals surface area contributed by atoms with E-state index in [0.29, 0.717) is 11.9 Å². The van der Waals surface area contributed by atoms with Crippen molar-refractivity contribution < 1.29 is 27.9 Å². The molecule has 0 fully saturated rings. The lowest BCUT2D eigenvalue weighted by Gasteiger charge is -2.07. The van der Waals surface area contributed by atoms with Gasteiger partial charge >= 0.3 is 12.1 Å². The Morgan fingerprint density at radius 2 is 1.95 bits per heavy atom. The first-order valence-electron chi connectivity index (χ1n) is 5.81. The minimum atomic E-state index is -5.10. The molecular weight excluding hydrogens is 275 g/mol. The standard InChI is InChI=1S/C13H8F3NO3/c14-13(15,16)11(18)8-7-3-1-2-6-4-5-17(9(6)7)10(8)12(19)20/h1-3H,4-5H2,(H,19,20). The Labute approximate surface area is 110 Å². The van der Waals surface area contributed by atoms with Crippen LogP contribution in [-0.2, 0) is 13.0 Å². The summed E-state index contributed by atoms with van der Waals surface area (Å²) in [5.41, 5.74) is -0.169. The molecule has 20 heavy (non-hydrogen) atoms. The number of halogens is 3. The Morgan fingerprint density at radius 1 is 1.25 bits per heavy atom. The van der Waals surface area contributed by atoms with Crippen molar-refractivity contribution in [1.82, 2.24) is 4.57 Å². The lowest BCUT2D eigenvalue weighted by molar-refractivity contribution is -0.0884. The molecule has 0 spiro atoms. The highest BCUT2D eigenvalue weighted by molar-refractivity contribution is 6.17. The fourth-order valence-electron chi connectivity index (χ4n) is 2.74. The third kappa shape index (κ3) is 1.55. The fraction of sp³-hybridized carbons (Fsp3) is 0.231. The average molecular weight is 283 g/mol. The van der Waals surface area contributed by atoms with Crippen LogP contribution in [0, 0.1) is 0 Å². The Kier molecular flexibility index (Phi) is 2.44. The highest BCUT2D eigenvalue weighted by Crippen LogP contribution is 2.36. The number of benzene rings is 1. The molecule has 0 amide bonds. The minimum absolute atomic E-state index is 0.0553. The summed E-state index contributed by atoms with van der Waals surface area (Å²) in [6, 6.07) is 4.61. The lowest BCUT2D eigenvalue weighted by atomic mass is 10.0. The van der Waals surface area contributed by atoms with Crippen molar-refractivity contribution in [3.05, 3.63) is 35.0 Å². The van der Waals surface area contributed by atoms with Gasteiger partial charge in [-0.2, -0.15) is 13.2 Å². The number of carboxylic acids is 1. The maximum absolute atomic E-state index is 12.7. The number of hydrogen-bond donors (Lipinski definition) is 1. The first-order valence-corrected chi connectivity index (χ1v) is 5.81. The van der Waals surface area contributed by atoms with E-state index in [1.165, 1.54) is 16.7 Å². The number of aryl methyl sites for hydroxylation is 2. The van der Waals surface area contributed by atoms with E-state index in [-0.39, 0.29) is 11.9 Å². The summed E-state index contributed by atoms with van der Waals surface area (Å²) in [7, 11) is 0. The van der Waals surface area contributed by atoms with E-state index in [4.69, 9.17) is 0 Å². The van der Waals surface area contributed by atoms with E-state index in [2.05, 4.69) is 0 Å². The molecule has 2 aromatic rings. The molecule has 1 aromatic carbocycles. The number of hydrogen-bond acceptors (Lipinski definition) is 2. The SMILES string of the molecule is O=C(O)c1c(C(=O)C(F)(F)F)c2cccc3c2n1CC3. The summed E-state index contributed by atoms with van der Waals surface area (Å²) in [5, 5.41) is 9.23. The van der Waals surface area contributed by atoms with E-state index in [0.717, 1.165) is 5.56 Å². The highest BCUT2D eigenvalue weighted by Gasteiger charge is 2.44. The quantitative estimate of drug-likeness (QED) is 0.862. The van der Waals surface area contributed by atoms with Crippen LogP contribution in [0.25, 0.3) is 10.9 Å². The molecule has 1 aliphatic heterocycles. The second kappa shape index (κ2) is 3.84. The van der Waals surface area contributed by atoms with Gasteiger partial charge in [0.25, 0.3) is 5.78 Å². The number of para-hydroxylation sites is 1. The molecule has 0 bridgehead atoms. The summed E-state index contributed by atoms with van der Waals surface area (Å²) in [5.74, 6) is -3.64. The number of alkyl halides is 3. The second-order valence-corrected chi connectivity index (χ2v) is 4.57. The van der Waals surface area contributed by atoms with Gasteiger partial charge in [0.15, 0.2) is 0 Å². The number of rotatable bonds is 2. The molecule has 7 heteroatoms. The molecule has 1 aliphatic rings. The zero-order chi connectivity index (χ0) is 14.7. The molecular formula is C13H8F3NO3. The molecule has 0 atom stereocenters. The van der Waals surface area contributed by atoms with Crippen LogP contribution in [-0.4, -0.2) is 27.6 Å². The third-order valence-corrected chi connectivity index (χ3v) is 3.46. The van der Waals surface area contributed by atoms with Gasteiger partial charge < -0.3 is 9.67 Å². The van der Waals surface area contributed by atoms with Gasteiger partial charge in [0.2, 0.25) is 0 Å². The van der Waals surface area contributed by atoms with Crippen LogP contribution in [0.1, 0.15) is 26.4 Å². The van der Waals surface area contributed by atoms with Crippen LogP contribution in [0.15, 0.2) is 18.2 Å². The first-order chi connectivity index (χ1) is 9.32. The van der Waals surface area contributed by atoms with Gasteiger partial charge in [-0.3, -0.25) is 4.79 Å². The van der Waals surface area contributed by atoms with Crippen molar-refractivity contribution in [2.24, 2.45) is 0 Å². The van der Waals surface area contributed by atoms with Gasteiger partial charge in [0.05, 0.1) is 11.1 Å². The zero-order valence-corrected chi connectivity index (χ0v) is 9.99. The summed E-state index contributed by atoms with van der Waals surface area (Å²) < 4.78 is 39.3. The number of carboxylic acid groups (broad SMARTS) is 1. The Bertz CT molecular complexity index is 758. The number of Topliss-reactive ketones (excluding diaryl/α,β-unsaturated/α-hetero) is 1. The third-order valence-electron chi connectivity index (χ3n) is 3.46. The fourth-order valence-corrected chi connectivity index (χ4v) is 2.74. The first kappa shape index (κ1) is 12.7. The summed E-state index contributed by atoms with van der Waals surface area (Å²) in [6.07, 6.45) is -4.55. The Morgan fingerprint density at radius 3 is 2.55 bits per heavy atom. The topological polar surface area (TPSA) is 59.3 Å². The van der Waals surface area contributed by atoms with Crippen molar-refractivity contribution in [2.45, 2.75) is 19.1 Å². The highest BCUT2D eigenvalue weighted by atomic mass is 19.4. The number of ketones is 1. The Balaban J connectivity index is 2.42. The number of carbonyl (C=O) groups excluding carboxylic acids is 1. The molecule has 4 nitrogen and oxygen atoms in total. The normalized spacial score (nSPS) is 13.9. The summed E-state index contributed by atoms with van der Waals surface area (Å²) in [6.45, 7) is 0.266. The van der Waals surface area contributed by atoms with Crippen LogP contribution in [0.4, 0.5) is 13.2 Å². The molecule has 0 aliphatic carbocycles. The molecule has 3 rings (SSSR count). The molecule has 104 valence electrons. The monoisotopic (exact) mass is 283 g/mol. The van der Waals surface area contributed by atoms with E-state index >= 15 is 0 Å². The summed E-state index contributed by atoms with van der Waals surface area (Å²) >= 11 is 0. The van der Waals surface area contributed by atoms with E-state index < -0.39 is 29.2 Å². The predicted octanol–water partition coefficient (Wildman–Crippen LogP) is 2.64. The smallest absolute Gasteiger partial charge is 0.454 e. The molecule has 0 unspecified atom stereocenters. The number of aromatic nitrogens is 1. The average Bonchev–Trinajstić information content (AvgIpc) is 2.91. The molecule has 0 saturated carbocycles. The lowest BCUT2D eigenvalue weighted by Crippen LogP contribution is -2.25. The van der Waals surface area contributed by atoms with Gasteiger partial charge in [-0.1, -0.05) is 18.2 Å². The van der Waals surface area contributed by atoms with Gasteiger partial charge in [0.1, 0.15) is 5.69 Å². The number of nitrogens with zero attached hydrogens (tertiary/aromatic N) is 1. The van der Waals surface area contributed by atoms with E-state index in [9.17, 15) is 27.9 Å². The van der Waals surface area contributed by atoms with Crippen molar-refractivity contribution in [3.8, 4) is 0 Å². The summed E-state index contributed by atoms with van der Waals surface area (Å²) in [4.78, 5) is 22.8. The van der Waals surface area contributed by atoms with Crippen molar-refractivity contribution in [2.75, 3.05) is 0 Å². The van der Waals surface area contributed by atoms with Crippen molar-refractivity contribution in [1.29, 1.82) is 0 Å². The van der Waals surface area contributed by atoms with Crippen LogP contribution in [0.3, 0.4) is 0 Å². The van der Waals surface area contributed by atoms with Crippen molar-refractivity contribution >= 4 is 22.7 Å². The van der Waals surface area contributed by atoms with Gasteiger partial charge in [0, 0.05) is 11.9 Å². The second-order valence-electron chi connectivity index (χ2n) is 4.57. The van der Waals surface area contributed by atoms with E-state index in [1.54, 1.807) is 6.07 Å². The largest absolute Gasteiger partial charge is 0.477 e. The predicted molar refractivity (Wildman–Crippen MR) is 63.0 cm³/mol. The zero-order valence-electron chi connectivity index (χ0n) is 9.99. The molecule has 2 heterocycles. The maximum atomic E-state index is 12.7. The number of aromatic carboxylic acids is 1. The minimum Gasteiger partial charge on any atom is -0.477 e. The molecule has 1 N–H and O–H groups in total. The van der Waals surface area contributed by atoms with Crippen LogP contribution in [0.5, 0.6) is 0 Å². The Hall–Kier alpha value is -2.31. The maximum Gasteiger partial charge on any atom is 0.454 e. The molecule has 0 saturated heterocycles. The molecule has 1 aromatic heterocycles. The molecule has 0 radical (unpaired) electrons. The van der Waals surface area contributed by atoms with Crippen LogP contribution < -0.4 is 0 Å². The van der Waals surface area contributed by atoms with Gasteiger partial charge in [-0.05, 0) is 12.0 Å².